The molecule has 0 atom stereocenters. The molecule has 0 unspecified atom stereocenters. The molecule has 3 nitrogen and oxygen atoms in total. The fourth-order valence-corrected chi connectivity index (χ4v) is 2.35. The van der Waals surface area contributed by atoms with Crippen molar-refractivity contribution in [3.8, 4) is 0 Å². The third-order valence-corrected chi connectivity index (χ3v) is 3.21. The van der Waals surface area contributed by atoms with Crippen LogP contribution in [0.25, 0.3) is 0 Å². The summed E-state index contributed by atoms with van der Waals surface area (Å²) in [5, 5.41) is 0. The van der Waals surface area contributed by atoms with Crippen molar-refractivity contribution in [2.24, 2.45) is 4.99 Å². The molecule has 2 aliphatic rings. The monoisotopic (exact) mass is 201 g/mol. The highest BCUT2D eigenvalue weighted by atomic mass is 15.2. The van der Waals surface area contributed by atoms with Crippen LogP contribution in [0.3, 0.4) is 0 Å². The van der Waals surface area contributed by atoms with E-state index in [-0.39, 0.29) is 0 Å². The molecule has 0 bridgehead atoms. The summed E-state index contributed by atoms with van der Waals surface area (Å²) in [4.78, 5) is 11.2. The Labute approximate surface area is 89.8 Å². The number of amidine groups is 1. The number of fused-ring (bicyclic) bond motifs is 1. The first kappa shape index (κ1) is 8.89. The third-order valence-electron chi connectivity index (χ3n) is 3.21. The van der Waals surface area contributed by atoms with Crippen LogP contribution >= 0.6 is 0 Å². The van der Waals surface area contributed by atoms with Gasteiger partial charge in [-0.1, -0.05) is 0 Å². The molecule has 0 N–H and O–H groups in total. The molecule has 3 rings (SSSR count). The molecule has 0 amide bonds. The first-order valence-corrected chi connectivity index (χ1v) is 5.69. The minimum atomic E-state index is 0.998. The van der Waals surface area contributed by atoms with Gasteiger partial charge in [-0.25, -0.2) is 4.99 Å². The summed E-state index contributed by atoms with van der Waals surface area (Å²) >= 11 is 0. The van der Waals surface area contributed by atoms with Crippen molar-refractivity contribution in [3.05, 3.63) is 24.0 Å². The summed E-state index contributed by atoms with van der Waals surface area (Å²) in [6.45, 7) is 2.36. The largest absolute Gasteiger partial charge is 0.360 e. The molecule has 15 heavy (non-hydrogen) atoms. The van der Waals surface area contributed by atoms with E-state index in [0.717, 1.165) is 12.1 Å². The van der Waals surface area contributed by atoms with Gasteiger partial charge in [0.1, 0.15) is 5.84 Å². The van der Waals surface area contributed by atoms with E-state index in [1.54, 1.807) is 0 Å². The van der Waals surface area contributed by atoms with Crippen LogP contribution < -0.4 is 0 Å². The van der Waals surface area contributed by atoms with Crippen molar-refractivity contribution < 1.29 is 0 Å². The van der Waals surface area contributed by atoms with Gasteiger partial charge < -0.3 is 4.90 Å². The van der Waals surface area contributed by atoms with Crippen molar-refractivity contribution >= 4 is 11.5 Å². The molecule has 0 radical (unpaired) electrons. The van der Waals surface area contributed by atoms with Gasteiger partial charge in [-0.2, -0.15) is 0 Å². The minimum absolute atomic E-state index is 0.998. The number of rotatable bonds is 0. The van der Waals surface area contributed by atoms with Crippen LogP contribution in [-0.2, 0) is 6.42 Å². The van der Waals surface area contributed by atoms with E-state index < -0.39 is 0 Å². The minimum Gasteiger partial charge on any atom is -0.360 e. The molecule has 1 aromatic heterocycles. The zero-order valence-corrected chi connectivity index (χ0v) is 8.82. The summed E-state index contributed by atoms with van der Waals surface area (Å²) in [5.74, 6) is 1.25. The second-order valence-electron chi connectivity index (χ2n) is 4.26. The van der Waals surface area contributed by atoms with Crippen LogP contribution in [0.5, 0.6) is 0 Å². The molecule has 0 aromatic carbocycles. The topological polar surface area (TPSA) is 28.5 Å². The van der Waals surface area contributed by atoms with Crippen LogP contribution in [0, 0.1) is 0 Å². The first-order chi connectivity index (χ1) is 7.43. The summed E-state index contributed by atoms with van der Waals surface area (Å²) in [7, 11) is 0. The molecule has 0 spiro atoms. The number of pyridine rings is 1. The number of likely N-dealkylation sites (tertiary alicyclic amines) is 1. The molecule has 78 valence electrons. The highest BCUT2D eigenvalue weighted by Gasteiger charge is 2.20. The highest BCUT2D eigenvalue weighted by molar-refractivity contribution is 5.92. The lowest BCUT2D eigenvalue weighted by Gasteiger charge is -2.28. The van der Waals surface area contributed by atoms with Gasteiger partial charge in [-0.05, 0) is 30.9 Å². The normalized spacial score (nSPS) is 20.0. The van der Waals surface area contributed by atoms with Crippen molar-refractivity contribution in [1.29, 1.82) is 0 Å². The lowest BCUT2D eigenvalue weighted by atomic mass is 10.1. The Hall–Kier alpha value is -1.38. The second kappa shape index (κ2) is 3.65. The smallest absolute Gasteiger partial charge is 0.109 e. The SMILES string of the molecule is c1cc2c(cn1)N=C(N1CCCCC1)C2. The van der Waals surface area contributed by atoms with Gasteiger partial charge in [0, 0.05) is 25.7 Å². The zero-order valence-electron chi connectivity index (χ0n) is 8.82. The fraction of sp³-hybridized carbons (Fsp3) is 0.500. The van der Waals surface area contributed by atoms with Gasteiger partial charge >= 0.3 is 0 Å². The Morgan fingerprint density at radius 2 is 2.00 bits per heavy atom. The maximum atomic E-state index is 4.66. The molecule has 0 saturated carbocycles. The predicted octanol–water partition coefficient (Wildman–Crippen LogP) is 2.15. The lowest BCUT2D eigenvalue weighted by molar-refractivity contribution is 0.339. The van der Waals surface area contributed by atoms with Crippen molar-refractivity contribution in [3.63, 3.8) is 0 Å². The van der Waals surface area contributed by atoms with Crippen molar-refractivity contribution in [2.75, 3.05) is 13.1 Å². The fourth-order valence-electron chi connectivity index (χ4n) is 2.35. The number of hydrogen-bond donors (Lipinski definition) is 0. The van der Waals surface area contributed by atoms with Crippen molar-refractivity contribution in [1.82, 2.24) is 9.88 Å². The zero-order chi connectivity index (χ0) is 10.1. The summed E-state index contributed by atoms with van der Waals surface area (Å²) in [6.07, 6.45) is 8.72. The Morgan fingerprint density at radius 3 is 2.80 bits per heavy atom. The van der Waals surface area contributed by atoms with Gasteiger partial charge in [0.15, 0.2) is 0 Å². The van der Waals surface area contributed by atoms with E-state index in [1.165, 1.54) is 43.8 Å². The molecule has 2 aliphatic heterocycles. The number of nitrogens with zero attached hydrogens (tertiary/aromatic N) is 3. The molecule has 1 fully saturated rings. The van der Waals surface area contributed by atoms with E-state index in [0.29, 0.717) is 0 Å². The predicted molar refractivity (Wildman–Crippen MR) is 60.5 cm³/mol. The van der Waals surface area contributed by atoms with Crippen LogP contribution in [0.1, 0.15) is 24.8 Å². The number of hydrogen-bond acceptors (Lipinski definition) is 3. The summed E-state index contributed by atoms with van der Waals surface area (Å²) < 4.78 is 0. The Morgan fingerprint density at radius 1 is 1.13 bits per heavy atom. The number of piperidine rings is 1. The summed E-state index contributed by atoms with van der Waals surface area (Å²) in [5.41, 5.74) is 2.39. The Kier molecular flexibility index (Phi) is 2.16. The Bertz CT molecular complexity index is 392. The highest BCUT2D eigenvalue weighted by Crippen LogP contribution is 2.27. The van der Waals surface area contributed by atoms with Gasteiger partial charge in [0.25, 0.3) is 0 Å². The van der Waals surface area contributed by atoms with Gasteiger partial charge in [-0.15, -0.1) is 0 Å². The number of aromatic nitrogens is 1. The van der Waals surface area contributed by atoms with Crippen molar-refractivity contribution in [2.45, 2.75) is 25.7 Å². The third kappa shape index (κ3) is 1.62. The van der Waals surface area contributed by atoms with Gasteiger partial charge in [0.05, 0.1) is 11.9 Å². The van der Waals surface area contributed by atoms with E-state index in [1.807, 2.05) is 12.4 Å². The van der Waals surface area contributed by atoms with Crippen LogP contribution in [0.2, 0.25) is 0 Å². The van der Waals surface area contributed by atoms with E-state index in [2.05, 4.69) is 20.9 Å². The average Bonchev–Trinajstić information content (AvgIpc) is 2.74. The molecule has 1 aromatic rings. The van der Waals surface area contributed by atoms with Crippen LogP contribution in [0.4, 0.5) is 5.69 Å². The number of aliphatic imine (C=N–C) groups is 1. The van der Waals surface area contributed by atoms with Crippen LogP contribution in [-0.4, -0.2) is 28.8 Å². The first-order valence-electron chi connectivity index (χ1n) is 5.69. The molecule has 1 saturated heterocycles. The second-order valence-corrected chi connectivity index (χ2v) is 4.26. The molecule has 3 heterocycles. The standard InChI is InChI=1S/C12H15N3/c1-2-6-15(7-3-1)12-8-10-4-5-13-9-11(10)14-12/h4-5,9H,1-3,6-8H2. The van der Waals surface area contributed by atoms with E-state index in [4.69, 9.17) is 0 Å². The molecular formula is C12H15N3. The van der Waals surface area contributed by atoms with E-state index in [9.17, 15) is 0 Å². The molecule has 3 heteroatoms. The quantitative estimate of drug-likeness (QED) is 0.643. The summed E-state index contributed by atoms with van der Waals surface area (Å²) in [6, 6.07) is 2.08. The van der Waals surface area contributed by atoms with Gasteiger partial charge in [0.2, 0.25) is 0 Å². The van der Waals surface area contributed by atoms with Gasteiger partial charge in [-0.3, -0.25) is 4.98 Å². The maximum Gasteiger partial charge on any atom is 0.109 e. The van der Waals surface area contributed by atoms with Crippen LogP contribution in [0.15, 0.2) is 23.5 Å². The maximum absolute atomic E-state index is 4.66. The lowest BCUT2D eigenvalue weighted by Crippen LogP contribution is -2.35. The molecular weight excluding hydrogens is 186 g/mol. The average molecular weight is 201 g/mol. The van der Waals surface area contributed by atoms with E-state index >= 15 is 0 Å². The molecule has 0 aliphatic carbocycles. The Balaban J connectivity index is 1.81.